The molecular weight excluding hydrogens is 234 g/mol. The fourth-order valence-corrected chi connectivity index (χ4v) is 1.67. The van der Waals surface area contributed by atoms with Crippen molar-refractivity contribution < 1.29 is 19.4 Å². The highest BCUT2D eigenvalue weighted by atomic mass is 16.7. The number of carbonyl (C=O) groups is 1. The molecule has 98 valence electrons. The van der Waals surface area contributed by atoms with E-state index in [1.54, 1.807) is 13.8 Å². The second-order valence-corrected chi connectivity index (χ2v) is 4.92. The second kappa shape index (κ2) is 4.49. The minimum atomic E-state index is -0.956. The van der Waals surface area contributed by atoms with Crippen LogP contribution >= 0.6 is 0 Å². The van der Waals surface area contributed by atoms with Crippen molar-refractivity contribution in [2.45, 2.75) is 32.9 Å². The number of aliphatic carboxylic acids is 1. The van der Waals surface area contributed by atoms with Crippen molar-refractivity contribution in [1.82, 2.24) is 5.32 Å². The lowest BCUT2D eigenvalue weighted by Crippen LogP contribution is -2.46. The second-order valence-electron chi connectivity index (χ2n) is 4.92. The van der Waals surface area contributed by atoms with Crippen molar-refractivity contribution in [2.24, 2.45) is 0 Å². The SMILES string of the molecule is Cc1cc2c(cc1CNC(C)(C)C(=O)O)OCO2. The Labute approximate surface area is 106 Å². The zero-order valence-corrected chi connectivity index (χ0v) is 10.7. The van der Waals surface area contributed by atoms with Gasteiger partial charge in [0.15, 0.2) is 11.5 Å². The predicted molar refractivity (Wildman–Crippen MR) is 65.9 cm³/mol. The number of benzene rings is 1. The summed E-state index contributed by atoms with van der Waals surface area (Å²) in [5, 5.41) is 12.0. The predicted octanol–water partition coefficient (Wildman–Crippen LogP) is 1.68. The first kappa shape index (κ1) is 12.7. The van der Waals surface area contributed by atoms with E-state index in [0.29, 0.717) is 12.3 Å². The van der Waals surface area contributed by atoms with Crippen LogP contribution in [0.1, 0.15) is 25.0 Å². The van der Waals surface area contributed by atoms with Gasteiger partial charge in [0.05, 0.1) is 0 Å². The lowest BCUT2D eigenvalue weighted by Gasteiger charge is -2.21. The minimum Gasteiger partial charge on any atom is -0.480 e. The number of ether oxygens (including phenoxy) is 2. The number of hydrogen-bond acceptors (Lipinski definition) is 4. The smallest absolute Gasteiger partial charge is 0.323 e. The van der Waals surface area contributed by atoms with Gasteiger partial charge in [0.2, 0.25) is 6.79 Å². The number of nitrogens with one attached hydrogen (secondary N) is 1. The van der Waals surface area contributed by atoms with Crippen LogP contribution in [0, 0.1) is 6.92 Å². The van der Waals surface area contributed by atoms with E-state index in [1.165, 1.54) is 0 Å². The Bertz CT molecular complexity index is 482. The summed E-state index contributed by atoms with van der Waals surface area (Å²) in [6, 6.07) is 3.80. The van der Waals surface area contributed by atoms with Crippen molar-refractivity contribution in [3.63, 3.8) is 0 Å². The maximum Gasteiger partial charge on any atom is 0.323 e. The zero-order chi connectivity index (χ0) is 13.3. The van der Waals surface area contributed by atoms with E-state index in [-0.39, 0.29) is 6.79 Å². The van der Waals surface area contributed by atoms with Crippen LogP contribution in [-0.2, 0) is 11.3 Å². The Hall–Kier alpha value is -1.75. The molecule has 0 unspecified atom stereocenters. The molecule has 1 aliphatic rings. The Kier molecular flexibility index (Phi) is 3.17. The van der Waals surface area contributed by atoms with Gasteiger partial charge in [0, 0.05) is 6.54 Å². The van der Waals surface area contributed by atoms with Crippen LogP contribution in [0.3, 0.4) is 0 Å². The highest BCUT2D eigenvalue weighted by Gasteiger charge is 2.26. The molecule has 1 aromatic carbocycles. The maximum absolute atomic E-state index is 11.0. The summed E-state index contributed by atoms with van der Waals surface area (Å²) in [6.45, 7) is 5.95. The molecule has 0 bridgehead atoms. The Morgan fingerprint density at radius 1 is 1.39 bits per heavy atom. The summed E-state index contributed by atoms with van der Waals surface area (Å²) in [4.78, 5) is 11.0. The normalized spacial score (nSPS) is 13.7. The van der Waals surface area contributed by atoms with Crippen molar-refractivity contribution in [2.75, 3.05) is 6.79 Å². The average Bonchev–Trinajstić information content (AvgIpc) is 2.72. The van der Waals surface area contributed by atoms with Gasteiger partial charge in [-0.1, -0.05) is 0 Å². The van der Waals surface area contributed by atoms with Crippen LogP contribution < -0.4 is 14.8 Å². The van der Waals surface area contributed by atoms with E-state index in [1.807, 2.05) is 19.1 Å². The fraction of sp³-hybridized carbons (Fsp3) is 0.462. The van der Waals surface area contributed by atoms with E-state index in [0.717, 1.165) is 16.9 Å². The molecule has 2 N–H and O–H groups in total. The Morgan fingerprint density at radius 2 is 2.00 bits per heavy atom. The largest absolute Gasteiger partial charge is 0.480 e. The molecule has 0 spiro atoms. The summed E-state index contributed by atoms with van der Waals surface area (Å²) in [5.74, 6) is 0.583. The maximum atomic E-state index is 11.0. The summed E-state index contributed by atoms with van der Waals surface area (Å²) in [7, 11) is 0. The monoisotopic (exact) mass is 251 g/mol. The van der Waals surface area contributed by atoms with Crippen LogP contribution in [0.2, 0.25) is 0 Å². The lowest BCUT2D eigenvalue weighted by molar-refractivity contribution is -0.143. The first-order valence-corrected chi connectivity index (χ1v) is 5.78. The van der Waals surface area contributed by atoms with Gasteiger partial charge in [-0.05, 0) is 44.0 Å². The molecule has 1 aliphatic heterocycles. The summed E-state index contributed by atoms with van der Waals surface area (Å²) < 4.78 is 10.6. The van der Waals surface area contributed by atoms with Gasteiger partial charge in [0.25, 0.3) is 0 Å². The molecule has 18 heavy (non-hydrogen) atoms. The number of fused-ring (bicyclic) bond motifs is 1. The number of carboxylic acids is 1. The molecule has 0 aliphatic carbocycles. The third-order valence-electron chi connectivity index (χ3n) is 3.09. The molecule has 1 aromatic rings. The molecule has 0 fully saturated rings. The lowest BCUT2D eigenvalue weighted by atomic mass is 10.0. The molecule has 1 heterocycles. The van der Waals surface area contributed by atoms with Crippen LogP contribution in [-0.4, -0.2) is 23.4 Å². The van der Waals surface area contributed by atoms with E-state index >= 15 is 0 Å². The third-order valence-corrected chi connectivity index (χ3v) is 3.09. The highest BCUT2D eigenvalue weighted by Crippen LogP contribution is 2.34. The molecule has 5 nitrogen and oxygen atoms in total. The van der Waals surface area contributed by atoms with Crippen molar-refractivity contribution >= 4 is 5.97 Å². The first-order chi connectivity index (χ1) is 8.40. The molecule has 0 atom stereocenters. The number of rotatable bonds is 4. The quantitative estimate of drug-likeness (QED) is 0.852. The zero-order valence-electron chi connectivity index (χ0n) is 10.7. The Balaban J connectivity index is 2.13. The molecule has 0 saturated carbocycles. The number of carboxylic acid groups (broad SMARTS) is 1. The van der Waals surface area contributed by atoms with Crippen LogP contribution in [0.15, 0.2) is 12.1 Å². The van der Waals surface area contributed by atoms with Gasteiger partial charge in [-0.2, -0.15) is 0 Å². The number of hydrogen-bond donors (Lipinski definition) is 2. The topological polar surface area (TPSA) is 67.8 Å². The molecule has 2 rings (SSSR count). The van der Waals surface area contributed by atoms with Gasteiger partial charge in [0.1, 0.15) is 5.54 Å². The van der Waals surface area contributed by atoms with Gasteiger partial charge in [-0.15, -0.1) is 0 Å². The van der Waals surface area contributed by atoms with E-state index in [9.17, 15) is 4.79 Å². The Morgan fingerprint density at radius 3 is 2.61 bits per heavy atom. The molecule has 0 aromatic heterocycles. The molecule has 0 amide bonds. The summed E-state index contributed by atoms with van der Waals surface area (Å²) in [6.07, 6.45) is 0. The van der Waals surface area contributed by atoms with Gasteiger partial charge < -0.3 is 14.6 Å². The van der Waals surface area contributed by atoms with Crippen molar-refractivity contribution in [3.8, 4) is 11.5 Å². The van der Waals surface area contributed by atoms with E-state index in [2.05, 4.69) is 5.32 Å². The van der Waals surface area contributed by atoms with Gasteiger partial charge in [-0.25, -0.2) is 0 Å². The third kappa shape index (κ3) is 2.41. The molecule has 0 radical (unpaired) electrons. The molecular formula is C13H17NO4. The average molecular weight is 251 g/mol. The molecule has 5 heteroatoms. The van der Waals surface area contributed by atoms with Crippen LogP contribution in [0.25, 0.3) is 0 Å². The minimum absolute atomic E-state index is 0.242. The fourth-order valence-electron chi connectivity index (χ4n) is 1.67. The van der Waals surface area contributed by atoms with Gasteiger partial charge >= 0.3 is 5.97 Å². The first-order valence-electron chi connectivity index (χ1n) is 5.78. The highest BCUT2D eigenvalue weighted by molar-refractivity contribution is 5.77. The van der Waals surface area contributed by atoms with Crippen LogP contribution in [0.4, 0.5) is 0 Å². The van der Waals surface area contributed by atoms with Crippen molar-refractivity contribution in [3.05, 3.63) is 23.3 Å². The van der Waals surface area contributed by atoms with Crippen LogP contribution in [0.5, 0.6) is 11.5 Å². The number of aryl methyl sites for hydroxylation is 1. The van der Waals surface area contributed by atoms with Gasteiger partial charge in [-0.3, -0.25) is 10.1 Å². The summed E-state index contributed by atoms with van der Waals surface area (Å²) in [5.41, 5.74) is 1.10. The standard InChI is InChI=1S/C13H17NO4/c1-8-4-10-11(18-7-17-10)5-9(8)6-14-13(2,3)12(15)16/h4-5,14H,6-7H2,1-3H3,(H,15,16). The summed E-state index contributed by atoms with van der Waals surface area (Å²) >= 11 is 0. The molecule has 0 saturated heterocycles. The van der Waals surface area contributed by atoms with E-state index in [4.69, 9.17) is 14.6 Å². The van der Waals surface area contributed by atoms with Crippen molar-refractivity contribution in [1.29, 1.82) is 0 Å². The van der Waals surface area contributed by atoms with E-state index < -0.39 is 11.5 Å².